The van der Waals surface area contributed by atoms with Crippen molar-refractivity contribution in [2.24, 2.45) is 5.92 Å². The second kappa shape index (κ2) is 4.48. The number of halogens is 1. The molecule has 0 aliphatic heterocycles. The topological polar surface area (TPSA) is 49.8 Å². The van der Waals surface area contributed by atoms with E-state index < -0.39 is 0 Å². The predicted octanol–water partition coefficient (Wildman–Crippen LogP) is 4.04. The van der Waals surface area contributed by atoms with Crippen LogP contribution in [0.25, 0.3) is 0 Å². The summed E-state index contributed by atoms with van der Waals surface area (Å²) in [7, 11) is 0. The fraction of sp³-hybridized carbons (Fsp3) is 0.533. The van der Waals surface area contributed by atoms with Gasteiger partial charge in [0.15, 0.2) is 0 Å². The van der Waals surface area contributed by atoms with Crippen molar-refractivity contribution < 1.29 is 0 Å². The number of anilines is 1. The summed E-state index contributed by atoms with van der Waals surface area (Å²) < 4.78 is 0. The van der Waals surface area contributed by atoms with Crippen LogP contribution in [0.4, 0.5) is 5.69 Å². The number of hydrogen-bond acceptors (Lipinski definition) is 2. The summed E-state index contributed by atoms with van der Waals surface area (Å²) in [5.74, 6) is 0.460. The number of nitriles is 1. The third-order valence-corrected chi connectivity index (χ3v) is 4.83. The first-order valence-corrected chi connectivity index (χ1v) is 6.81. The first-order chi connectivity index (χ1) is 8.41. The van der Waals surface area contributed by atoms with Crippen molar-refractivity contribution in [3.8, 4) is 6.07 Å². The van der Waals surface area contributed by atoms with Gasteiger partial charge in [0.05, 0.1) is 11.3 Å². The van der Waals surface area contributed by atoms with Crippen molar-refractivity contribution in [2.45, 2.75) is 45.4 Å². The summed E-state index contributed by atoms with van der Waals surface area (Å²) in [6.45, 7) is 6.63. The van der Waals surface area contributed by atoms with Gasteiger partial charge in [0, 0.05) is 5.02 Å². The van der Waals surface area contributed by atoms with Crippen LogP contribution in [0.1, 0.15) is 50.3 Å². The van der Waals surface area contributed by atoms with Gasteiger partial charge in [-0.3, -0.25) is 0 Å². The molecule has 1 unspecified atom stereocenters. The average Bonchev–Trinajstić information content (AvgIpc) is 2.30. The number of hydrogen-bond donors (Lipinski definition) is 1. The lowest BCUT2D eigenvalue weighted by atomic mass is 9.63. The molecule has 0 bridgehead atoms. The van der Waals surface area contributed by atoms with Crippen LogP contribution in [-0.2, 0) is 11.8 Å². The molecular weight excluding hydrogens is 244 g/mol. The van der Waals surface area contributed by atoms with Gasteiger partial charge in [0.25, 0.3) is 0 Å². The van der Waals surface area contributed by atoms with Crippen molar-refractivity contribution in [3.63, 3.8) is 0 Å². The Bertz CT molecular complexity index is 528. The standard InChI is InChI=1S/C15H19ClN2/c1-9(2)15(3)6-4-5-10-12(16)7-13(18)11(8-17)14(10)15/h7,9H,4-6,18H2,1-3H3. The molecule has 0 heterocycles. The highest BCUT2D eigenvalue weighted by Crippen LogP contribution is 2.47. The lowest BCUT2D eigenvalue weighted by Gasteiger charge is -2.40. The van der Waals surface area contributed by atoms with Crippen LogP contribution in [0.3, 0.4) is 0 Å². The molecule has 1 atom stereocenters. The van der Waals surface area contributed by atoms with Gasteiger partial charge in [-0.2, -0.15) is 5.26 Å². The zero-order valence-electron chi connectivity index (χ0n) is 11.2. The van der Waals surface area contributed by atoms with Gasteiger partial charge in [0.1, 0.15) is 6.07 Å². The molecule has 0 spiro atoms. The quantitative estimate of drug-likeness (QED) is 0.777. The van der Waals surface area contributed by atoms with E-state index in [2.05, 4.69) is 26.8 Å². The molecule has 2 N–H and O–H groups in total. The Balaban J connectivity index is 2.81. The zero-order chi connectivity index (χ0) is 13.5. The van der Waals surface area contributed by atoms with Crippen LogP contribution < -0.4 is 5.73 Å². The van der Waals surface area contributed by atoms with Crippen LogP contribution in [0, 0.1) is 17.2 Å². The molecule has 18 heavy (non-hydrogen) atoms. The minimum Gasteiger partial charge on any atom is -0.398 e. The van der Waals surface area contributed by atoms with Crippen LogP contribution >= 0.6 is 11.6 Å². The fourth-order valence-electron chi connectivity index (χ4n) is 3.04. The lowest BCUT2D eigenvalue weighted by Crippen LogP contribution is -2.34. The van der Waals surface area contributed by atoms with Crippen molar-refractivity contribution in [1.29, 1.82) is 5.26 Å². The minimum absolute atomic E-state index is 0.00231. The van der Waals surface area contributed by atoms with E-state index in [1.807, 2.05) is 0 Å². The summed E-state index contributed by atoms with van der Waals surface area (Å²) >= 11 is 6.32. The molecule has 2 rings (SSSR count). The maximum absolute atomic E-state index is 9.41. The van der Waals surface area contributed by atoms with Crippen LogP contribution in [-0.4, -0.2) is 0 Å². The number of fused-ring (bicyclic) bond motifs is 1. The highest BCUT2D eigenvalue weighted by Gasteiger charge is 2.38. The van der Waals surface area contributed by atoms with E-state index in [1.165, 1.54) is 0 Å². The van der Waals surface area contributed by atoms with Gasteiger partial charge in [-0.25, -0.2) is 0 Å². The van der Waals surface area contributed by atoms with E-state index in [1.54, 1.807) is 6.07 Å². The largest absolute Gasteiger partial charge is 0.398 e. The number of rotatable bonds is 1. The molecule has 1 aromatic carbocycles. The normalized spacial score (nSPS) is 22.7. The number of nitrogens with zero attached hydrogens (tertiary/aromatic N) is 1. The van der Waals surface area contributed by atoms with Crippen molar-refractivity contribution in [2.75, 3.05) is 5.73 Å². The monoisotopic (exact) mass is 262 g/mol. The molecule has 0 fully saturated rings. The molecule has 96 valence electrons. The van der Waals surface area contributed by atoms with E-state index in [4.69, 9.17) is 17.3 Å². The van der Waals surface area contributed by atoms with Gasteiger partial charge in [-0.05, 0) is 47.8 Å². The first kappa shape index (κ1) is 13.2. The van der Waals surface area contributed by atoms with Crippen molar-refractivity contribution in [1.82, 2.24) is 0 Å². The molecule has 1 aromatic rings. The summed E-state index contributed by atoms with van der Waals surface area (Å²) in [5, 5.41) is 10.1. The second-order valence-corrected chi connectivity index (χ2v) is 6.12. The molecule has 1 aliphatic rings. The Morgan fingerprint density at radius 1 is 1.50 bits per heavy atom. The molecule has 3 heteroatoms. The fourth-order valence-corrected chi connectivity index (χ4v) is 3.35. The van der Waals surface area contributed by atoms with Crippen LogP contribution in [0.2, 0.25) is 5.02 Å². The minimum atomic E-state index is -0.00231. The maximum atomic E-state index is 9.41. The van der Waals surface area contributed by atoms with E-state index in [9.17, 15) is 5.26 Å². The maximum Gasteiger partial charge on any atom is 0.102 e. The average molecular weight is 263 g/mol. The van der Waals surface area contributed by atoms with E-state index in [0.717, 1.165) is 30.4 Å². The van der Waals surface area contributed by atoms with Gasteiger partial charge < -0.3 is 5.73 Å². The van der Waals surface area contributed by atoms with Crippen LogP contribution in [0.15, 0.2) is 6.07 Å². The molecule has 0 aromatic heterocycles. The van der Waals surface area contributed by atoms with E-state index in [0.29, 0.717) is 22.2 Å². The number of nitrogen functional groups attached to an aromatic ring is 1. The Labute approximate surface area is 114 Å². The molecule has 0 saturated carbocycles. The van der Waals surface area contributed by atoms with Gasteiger partial charge >= 0.3 is 0 Å². The third-order valence-electron chi connectivity index (χ3n) is 4.49. The molecular formula is C15H19ClN2. The Kier molecular flexibility index (Phi) is 3.29. The van der Waals surface area contributed by atoms with Gasteiger partial charge in [0.2, 0.25) is 0 Å². The summed E-state index contributed by atoms with van der Waals surface area (Å²) in [5.41, 5.74) is 9.33. The van der Waals surface area contributed by atoms with E-state index >= 15 is 0 Å². The predicted molar refractivity (Wildman–Crippen MR) is 75.7 cm³/mol. The van der Waals surface area contributed by atoms with Crippen molar-refractivity contribution >= 4 is 17.3 Å². The highest BCUT2D eigenvalue weighted by molar-refractivity contribution is 6.31. The van der Waals surface area contributed by atoms with Crippen LogP contribution in [0.5, 0.6) is 0 Å². The zero-order valence-corrected chi connectivity index (χ0v) is 11.9. The molecule has 1 aliphatic carbocycles. The Hall–Kier alpha value is -1.20. The number of benzene rings is 1. The number of nitrogens with two attached hydrogens (primary N) is 1. The Morgan fingerprint density at radius 3 is 2.72 bits per heavy atom. The smallest absolute Gasteiger partial charge is 0.102 e. The molecule has 2 nitrogen and oxygen atoms in total. The van der Waals surface area contributed by atoms with Gasteiger partial charge in [-0.15, -0.1) is 0 Å². The summed E-state index contributed by atoms with van der Waals surface area (Å²) in [6, 6.07) is 4.00. The first-order valence-electron chi connectivity index (χ1n) is 6.43. The molecule has 0 saturated heterocycles. The Morgan fingerprint density at radius 2 is 2.17 bits per heavy atom. The van der Waals surface area contributed by atoms with E-state index in [-0.39, 0.29) is 5.41 Å². The SMILES string of the molecule is CC(C)C1(C)CCCc2c(Cl)cc(N)c(C#N)c21. The van der Waals surface area contributed by atoms with Crippen molar-refractivity contribution in [3.05, 3.63) is 27.8 Å². The molecule has 0 amide bonds. The lowest BCUT2D eigenvalue weighted by molar-refractivity contribution is 0.290. The summed E-state index contributed by atoms with van der Waals surface area (Å²) in [6.07, 6.45) is 3.16. The molecule has 0 radical (unpaired) electrons. The second-order valence-electron chi connectivity index (χ2n) is 5.71. The summed E-state index contributed by atoms with van der Waals surface area (Å²) in [4.78, 5) is 0. The van der Waals surface area contributed by atoms with Gasteiger partial charge in [-0.1, -0.05) is 32.4 Å². The third kappa shape index (κ3) is 1.78. The highest BCUT2D eigenvalue weighted by atomic mass is 35.5.